The summed E-state index contributed by atoms with van der Waals surface area (Å²) in [5, 5.41) is 5.44. The summed E-state index contributed by atoms with van der Waals surface area (Å²) in [7, 11) is 1.36. The van der Waals surface area contributed by atoms with Gasteiger partial charge in [0.25, 0.3) is 0 Å². The number of carbonyl (C=O) groups is 1. The molecule has 2 heterocycles. The number of rotatable bonds is 1. The highest BCUT2D eigenvalue weighted by Crippen LogP contribution is 2.21. The standard InChI is InChI=1S/C14H12N2O2/c1-9-11-8-7-10-5-3-4-6-12(10)16(11)15-13(9)14(17)18-2/h3-8H,1-2H3. The van der Waals surface area contributed by atoms with Crippen molar-refractivity contribution in [2.45, 2.75) is 6.92 Å². The monoisotopic (exact) mass is 240 g/mol. The Hall–Kier alpha value is -2.36. The van der Waals surface area contributed by atoms with Gasteiger partial charge in [-0.2, -0.15) is 5.10 Å². The average molecular weight is 240 g/mol. The van der Waals surface area contributed by atoms with Gasteiger partial charge in [0.1, 0.15) is 0 Å². The first-order chi connectivity index (χ1) is 8.72. The van der Waals surface area contributed by atoms with Gasteiger partial charge in [0.05, 0.1) is 18.1 Å². The smallest absolute Gasteiger partial charge is 0.358 e. The van der Waals surface area contributed by atoms with E-state index in [4.69, 9.17) is 4.74 Å². The molecular weight excluding hydrogens is 228 g/mol. The van der Waals surface area contributed by atoms with Gasteiger partial charge in [-0.1, -0.05) is 24.3 Å². The van der Waals surface area contributed by atoms with Gasteiger partial charge in [0.15, 0.2) is 5.69 Å². The SMILES string of the molecule is COC(=O)c1nn2c(ccc3ccccc32)c1C. The van der Waals surface area contributed by atoms with E-state index in [1.165, 1.54) is 7.11 Å². The van der Waals surface area contributed by atoms with Gasteiger partial charge in [0.2, 0.25) is 0 Å². The highest BCUT2D eigenvalue weighted by Gasteiger charge is 2.17. The molecule has 0 radical (unpaired) electrons. The van der Waals surface area contributed by atoms with Crippen LogP contribution >= 0.6 is 0 Å². The van der Waals surface area contributed by atoms with E-state index >= 15 is 0 Å². The number of ether oxygens (including phenoxy) is 1. The molecule has 3 rings (SSSR count). The Bertz CT molecular complexity index is 759. The fraction of sp³-hybridized carbons (Fsp3) is 0.143. The van der Waals surface area contributed by atoms with E-state index in [1.54, 1.807) is 4.52 Å². The molecule has 0 aliphatic carbocycles. The summed E-state index contributed by atoms with van der Waals surface area (Å²) in [5.41, 5.74) is 3.11. The maximum absolute atomic E-state index is 11.6. The van der Waals surface area contributed by atoms with Crippen LogP contribution in [0.4, 0.5) is 0 Å². The van der Waals surface area contributed by atoms with Crippen molar-refractivity contribution in [3.8, 4) is 0 Å². The first kappa shape index (κ1) is 10.8. The third-order valence-electron chi connectivity index (χ3n) is 3.13. The number of hydrogen-bond acceptors (Lipinski definition) is 3. The van der Waals surface area contributed by atoms with Crippen LogP contribution < -0.4 is 0 Å². The quantitative estimate of drug-likeness (QED) is 0.614. The van der Waals surface area contributed by atoms with Crippen molar-refractivity contribution >= 4 is 22.4 Å². The van der Waals surface area contributed by atoms with Crippen LogP contribution in [0.1, 0.15) is 16.1 Å². The Morgan fingerprint density at radius 2 is 1.94 bits per heavy atom. The Balaban J connectivity index is 2.42. The minimum Gasteiger partial charge on any atom is -0.464 e. The summed E-state index contributed by atoms with van der Waals surface area (Å²) >= 11 is 0. The van der Waals surface area contributed by atoms with Crippen molar-refractivity contribution in [3.05, 3.63) is 47.7 Å². The van der Waals surface area contributed by atoms with Crippen LogP contribution in [0.3, 0.4) is 0 Å². The molecule has 4 heteroatoms. The molecule has 1 aromatic carbocycles. The van der Waals surface area contributed by atoms with Crippen molar-refractivity contribution in [2.24, 2.45) is 0 Å². The van der Waals surface area contributed by atoms with Gasteiger partial charge >= 0.3 is 5.97 Å². The second kappa shape index (κ2) is 3.84. The molecule has 0 fully saturated rings. The summed E-state index contributed by atoms with van der Waals surface area (Å²) in [6, 6.07) is 11.9. The van der Waals surface area contributed by atoms with Gasteiger partial charge in [-0.25, -0.2) is 9.31 Å². The lowest BCUT2D eigenvalue weighted by Gasteiger charge is -2.00. The number of methoxy groups -OCH3 is 1. The number of aromatic nitrogens is 2. The third-order valence-corrected chi connectivity index (χ3v) is 3.13. The lowest BCUT2D eigenvalue weighted by molar-refractivity contribution is 0.0593. The Kier molecular flexibility index (Phi) is 2.30. The molecule has 0 spiro atoms. The van der Waals surface area contributed by atoms with E-state index < -0.39 is 5.97 Å². The van der Waals surface area contributed by atoms with Crippen molar-refractivity contribution < 1.29 is 9.53 Å². The minimum atomic E-state index is -0.403. The molecule has 18 heavy (non-hydrogen) atoms. The second-order valence-corrected chi connectivity index (χ2v) is 4.15. The van der Waals surface area contributed by atoms with Crippen LogP contribution in [-0.4, -0.2) is 22.7 Å². The number of esters is 1. The zero-order valence-electron chi connectivity index (χ0n) is 10.2. The van der Waals surface area contributed by atoms with E-state index in [0.29, 0.717) is 5.69 Å². The predicted molar refractivity (Wildman–Crippen MR) is 68.8 cm³/mol. The third kappa shape index (κ3) is 1.39. The first-order valence-electron chi connectivity index (χ1n) is 5.68. The fourth-order valence-corrected chi connectivity index (χ4v) is 2.17. The maximum Gasteiger partial charge on any atom is 0.358 e. The highest BCUT2D eigenvalue weighted by atomic mass is 16.5. The molecule has 0 N–H and O–H groups in total. The number of aryl methyl sites for hydroxylation is 1. The van der Waals surface area contributed by atoms with E-state index in [9.17, 15) is 4.79 Å². The highest BCUT2D eigenvalue weighted by molar-refractivity contribution is 5.93. The van der Waals surface area contributed by atoms with E-state index in [1.807, 2.05) is 43.3 Å². The van der Waals surface area contributed by atoms with Crippen LogP contribution in [0.25, 0.3) is 16.4 Å². The lowest BCUT2D eigenvalue weighted by atomic mass is 10.2. The van der Waals surface area contributed by atoms with E-state index in [0.717, 1.165) is 22.0 Å². The van der Waals surface area contributed by atoms with Crippen LogP contribution in [0.2, 0.25) is 0 Å². The number of para-hydroxylation sites is 1. The summed E-state index contributed by atoms with van der Waals surface area (Å²) in [5.74, 6) is -0.403. The summed E-state index contributed by atoms with van der Waals surface area (Å²) < 4.78 is 6.53. The number of carbonyl (C=O) groups excluding carboxylic acids is 1. The first-order valence-corrected chi connectivity index (χ1v) is 5.68. The molecular formula is C14H12N2O2. The Morgan fingerprint density at radius 1 is 1.17 bits per heavy atom. The number of hydrogen-bond donors (Lipinski definition) is 0. The summed E-state index contributed by atoms with van der Waals surface area (Å²) in [4.78, 5) is 11.6. The fourth-order valence-electron chi connectivity index (χ4n) is 2.17. The van der Waals surface area contributed by atoms with Gasteiger partial charge in [0, 0.05) is 10.9 Å². The van der Waals surface area contributed by atoms with E-state index in [-0.39, 0.29) is 0 Å². The number of nitrogens with zero attached hydrogens (tertiary/aromatic N) is 2. The number of benzene rings is 1. The zero-order chi connectivity index (χ0) is 12.7. The van der Waals surface area contributed by atoms with Gasteiger partial charge in [-0.05, 0) is 19.1 Å². The molecule has 0 bridgehead atoms. The topological polar surface area (TPSA) is 43.6 Å². The largest absolute Gasteiger partial charge is 0.464 e. The van der Waals surface area contributed by atoms with Gasteiger partial charge in [-0.15, -0.1) is 0 Å². The zero-order valence-corrected chi connectivity index (χ0v) is 10.2. The summed E-state index contributed by atoms with van der Waals surface area (Å²) in [6.07, 6.45) is 0. The molecule has 0 atom stereocenters. The number of pyridine rings is 1. The van der Waals surface area contributed by atoms with E-state index in [2.05, 4.69) is 5.10 Å². The van der Waals surface area contributed by atoms with Crippen molar-refractivity contribution in [2.75, 3.05) is 7.11 Å². The van der Waals surface area contributed by atoms with Gasteiger partial charge < -0.3 is 4.74 Å². The van der Waals surface area contributed by atoms with Crippen LogP contribution in [-0.2, 0) is 4.74 Å². The van der Waals surface area contributed by atoms with Crippen LogP contribution in [0, 0.1) is 6.92 Å². The van der Waals surface area contributed by atoms with Crippen molar-refractivity contribution in [1.29, 1.82) is 0 Å². The van der Waals surface area contributed by atoms with Crippen molar-refractivity contribution in [3.63, 3.8) is 0 Å². The molecule has 4 nitrogen and oxygen atoms in total. The molecule has 0 unspecified atom stereocenters. The average Bonchev–Trinajstić information content (AvgIpc) is 2.76. The minimum absolute atomic E-state index is 0.369. The van der Waals surface area contributed by atoms with Gasteiger partial charge in [-0.3, -0.25) is 0 Å². The molecule has 0 saturated heterocycles. The maximum atomic E-state index is 11.6. The molecule has 0 amide bonds. The molecule has 0 aliphatic rings. The lowest BCUT2D eigenvalue weighted by Crippen LogP contribution is -2.03. The van der Waals surface area contributed by atoms with Crippen LogP contribution in [0.15, 0.2) is 36.4 Å². The normalized spacial score (nSPS) is 11.0. The molecule has 0 saturated carbocycles. The Labute approximate surface area is 104 Å². The molecule has 2 aromatic heterocycles. The predicted octanol–water partition coefficient (Wildman–Crippen LogP) is 2.58. The van der Waals surface area contributed by atoms with Crippen LogP contribution in [0.5, 0.6) is 0 Å². The molecule has 90 valence electrons. The molecule has 0 aliphatic heterocycles. The van der Waals surface area contributed by atoms with Crippen molar-refractivity contribution in [1.82, 2.24) is 9.61 Å². The summed E-state index contributed by atoms with van der Waals surface area (Å²) in [6.45, 7) is 1.88. The Morgan fingerprint density at radius 3 is 2.72 bits per heavy atom. The molecule has 3 aromatic rings. The second-order valence-electron chi connectivity index (χ2n) is 4.15. The number of fused-ring (bicyclic) bond motifs is 3.